The van der Waals surface area contributed by atoms with E-state index in [4.69, 9.17) is 4.74 Å². The van der Waals surface area contributed by atoms with Crippen molar-refractivity contribution < 1.29 is 4.74 Å². The molecule has 0 aliphatic heterocycles. The third kappa shape index (κ3) is 12.9. The molecule has 22 heavy (non-hydrogen) atoms. The molecule has 5 heteroatoms. The van der Waals surface area contributed by atoms with E-state index in [9.17, 15) is 0 Å². The van der Waals surface area contributed by atoms with Gasteiger partial charge in [0.2, 0.25) is 0 Å². The van der Waals surface area contributed by atoms with Crippen LogP contribution in [0, 0.1) is 5.92 Å². The van der Waals surface area contributed by atoms with Gasteiger partial charge in [0, 0.05) is 26.2 Å². The van der Waals surface area contributed by atoms with Gasteiger partial charge in [0.1, 0.15) is 0 Å². The van der Waals surface area contributed by atoms with E-state index in [1.54, 1.807) is 0 Å². The number of hydrogen-bond donors (Lipinski definition) is 2. The van der Waals surface area contributed by atoms with Crippen LogP contribution in [0.3, 0.4) is 0 Å². The number of ether oxygens (including phenoxy) is 1. The Morgan fingerprint density at radius 1 is 1.09 bits per heavy atom. The van der Waals surface area contributed by atoms with Crippen LogP contribution in [-0.4, -0.2) is 63.3 Å². The number of nitrogens with zero attached hydrogens (tertiary/aromatic N) is 2. The lowest BCUT2D eigenvalue weighted by molar-refractivity contribution is 0.128. The average Bonchev–Trinajstić information content (AvgIpc) is 2.50. The van der Waals surface area contributed by atoms with Gasteiger partial charge < -0.3 is 20.3 Å². The van der Waals surface area contributed by atoms with Gasteiger partial charge in [-0.25, -0.2) is 0 Å². The molecule has 5 nitrogen and oxygen atoms in total. The number of guanidine groups is 1. The van der Waals surface area contributed by atoms with E-state index in [2.05, 4.69) is 55.1 Å². The predicted molar refractivity (Wildman–Crippen MR) is 96.7 cm³/mol. The molecule has 0 rings (SSSR count). The molecule has 132 valence electrons. The molecule has 0 saturated heterocycles. The Bertz CT molecular complexity index is 265. The standard InChI is InChI=1S/C17H38N4O/c1-6-18-17(19-11-9-13-21(7-2)8-3)20-12-15-22-14-10-16(4)5/h16H,6-15H2,1-5H3,(H2,18,19,20). The maximum atomic E-state index is 5.61. The molecule has 2 N–H and O–H groups in total. The van der Waals surface area contributed by atoms with Crippen molar-refractivity contribution in [3.8, 4) is 0 Å². The Labute approximate surface area is 137 Å². The second kappa shape index (κ2) is 15.1. The second-order valence-electron chi connectivity index (χ2n) is 5.86. The zero-order valence-corrected chi connectivity index (χ0v) is 15.5. The normalized spacial score (nSPS) is 12.2. The summed E-state index contributed by atoms with van der Waals surface area (Å²) in [5, 5.41) is 6.60. The summed E-state index contributed by atoms with van der Waals surface area (Å²) < 4.78 is 5.61. The summed E-state index contributed by atoms with van der Waals surface area (Å²) >= 11 is 0. The molecule has 0 aromatic heterocycles. The molecule has 0 aliphatic rings. The average molecular weight is 315 g/mol. The number of hydrogen-bond acceptors (Lipinski definition) is 3. The SMILES string of the molecule is CCNC(=NCCCN(CC)CC)NCCOCCC(C)C. The van der Waals surface area contributed by atoms with E-state index >= 15 is 0 Å². The third-order valence-corrected chi connectivity index (χ3v) is 3.52. The van der Waals surface area contributed by atoms with E-state index in [0.717, 1.165) is 71.3 Å². The number of rotatable bonds is 13. The predicted octanol–water partition coefficient (Wildman–Crippen LogP) is 2.34. The van der Waals surface area contributed by atoms with Crippen LogP contribution in [0.2, 0.25) is 0 Å². The lowest BCUT2D eigenvalue weighted by Gasteiger charge is -2.17. The number of nitrogens with one attached hydrogen (secondary N) is 2. The molecule has 0 heterocycles. The van der Waals surface area contributed by atoms with Crippen LogP contribution in [0.5, 0.6) is 0 Å². The molecule has 0 unspecified atom stereocenters. The van der Waals surface area contributed by atoms with Crippen LogP contribution in [-0.2, 0) is 4.74 Å². The van der Waals surface area contributed by atoms with Crippen molar-refractivity contribution in [2.75, 3.05) is 52.5 Å². The highest BCUT2D eigenvalue weighted by Gasteiger charge is 2.00. The lowest BCUT2D eigenvalue weighted by Crippen LogP contribution is -2.39. The molecule has 0 saturated carbocycles. The van der Waals surface area contributed by atoms with Gasteiger partial charge in [-0.2, -0.15) is 0 Å². The van der Waals surface area contributed by atoms with Crippen LogP contribution in [0.4, 0.5) is 0 Å². The van der Waals surface area contributed by atoms with Crippen molar-refractivity contribution in [1.82, 2.24) is 15.5 Å². The number of aliphatic imine (C=N–C) groups is 1. The quantitative estimate of drug-likeness (QED) is 0.311. The summed E-state index contributed by atoms with van der Waals surface area (Å²) in [7, 11) is 0. The first-order valence-electron chi connectivity index (χ1n) is 8.96. The summed E-state index contributed by atoms with van der Waals surface area (Å²) in [6, 6.07) is 0. The minimum Gasteiger partial charge on any atom is -0.380 e. The van der Waals surface area contributed by atoms with Gasteiger partial charge in [0.05, 0.1) is 6.61 Å². The molecule has 0 fully saturated rings. The fraction of sp³-hybridized carbons (Fsp3) is 0.941. The first kappa shape index (κ1) is 21.2. The minimum atomic E-state index is 0.706. The molecular weight excluding hydrogens is 276 g/mol. The molecule has 0 spiro atoms. The maximum absolute atomic E-state index is 5.61. The molecule has 0 atom stereocenters. The van der Waals surface area contributed by atoms with Crippen LogP contribution in [0.25, 0.3) is 0 Å². The summed E-state index contributed by atoms with van der Waals surface area (Å²) in [6.45, 7) is 18.4. The Morgan fingerprint density at radius 2 is 1.82 bits per heavy atom. The largest absolute Gasteiger partial charge is 0.380 e. The highest BCUT2D eigenvalue weighted by Crippen LogP contribution is 1.98. The van der Waals surface area contributed by atoms with Gasteiger partial charge >= 0.3 is 0 Å². The van der Waals surface area contributed by atoms with E-state index in [0.29, 0.717) is 5.92 Å². The van der Waals surface area contributed by atoms with E-state index in [-0.39, 0.29) is 0 Å². The zero-order chi connectivity index (χ0) is 16.6. The van der Waals surface area contributed by atoms with Crippen molar-refractivity contribution in [3.05, 3.63) is 0 Å². The summed E-state index contributed by atoms with van der Waals surface area (Å²) in [5.74, 6) is 1.60. The van der Waals surface area contributed by atoms with Gasteiger partial charge in [0.25, 0.3) is 0 Å². The van der Waals surface area contributed by atoms with Crippen molar-refractivity contribution in [2.45, 2.75) is 47.5 Å². The first-order chi connectivity index (χ1) is 10.6. The summed E-state index contributed by atoms with van der Waals surface area (Å²) in [5.41, 5.74) is 0. The highest BCUT2D eigenvalue weighted by molar-refractivity contribution is 5.79. The third-order valence-electron chi connectivity index (χ3n) is 3.52. The van der Waals surface area contributed by atoms with Gasteiger partial charge in [-0.05, 0) is 45.3 Å². The lowest BCUT2D eigenvalue weighted by atomic mass is 10.1. The van der Waals surface area contributed by atoms with Crippen molar-refractivity contribution >= 4 is 5.96 Å². The monoisotopic (exact) mass is 314 g/mol. The topological polar surface area (TPSA) is 48.9 Å². The van der Waals surface area contributed by atoms with E-state index in [1.807, 2.05) is 0 Å². The molecule has 0 radical (unpaired) electrons. The van der Waals surface area contributed by atoms with Crippen LogP contribution in [0.15, 0.2) is 4.99 Å². The fourth-order valence-electron chi connectivity index (χ4n) is 2.03. The molecule has 0 aromatic rings. The second-order valence-corrected chi connectivity index (χ2v) is 5.86. The Balaban J connectivity index is 3.81. The zero-order valence-electron chi connectivity index (χ0n) is 15.5. The van der Waals surface area contributed by atoms with Crippen LogP contribution < -0.4 is 10.6 Å². The fourth-order valence-corrected chi connectivity index (χ4v) is 2.03. The minimum absolute atomic E-state index is 0.706. The van der Waals surface area contributed by atoms with Crippen molar-refractivity contribution in [1.29, 1.82) is 0 Å². The van der Waals surface area contributed by atoms with Crippen molar-refractivity contribution in [3.63, 3.8) is 0 Å². The molecular formula is C17H38N4O. The van der Waals surface area contributed by atoms with Gasteiger partial charge in [-0.3, -0.25) is 4.99 Å². The maximum Gasteiger partial charge on any atom is 0.191 e. The van der Waals surface area contributed by atoms with E-state index < -0.39 is 0 Å². The van der Waals surface area contributed by atoms with Crippen LogP contribution in [0.1, 0.15) is 47.5 Å². The molecule has 0 amide bonds. The van der Waals surface area contributed by atoms with E-state index in [1.165, 1.54) is 0 Å². The Hall–Kier alpha value is -0.810. The smallest absolute Gasteiger partial charge is 0.191 e. The molecule has 0 bridgehead atoms. The van der Waals surface area contributed by atoms with Crippen LogP contribution >= 0.6 is 0 Å². The van der Waals surface area contributed by atoms with Crippen molar-refractivity contribution in [2.24, 2.45) is 10.9 Å². The van der Waals surface area contributed by atoms with Gasteiger partial charge in [-0.1, -0.05) is 27.7 Å². The Morgan fingerprint density at radius 3 is 2.41 bits per heavy atom. The summed E-state index contributed by atoms with van der Waals surface area (Å²) in [4.78, 5) is 7.04. The molecule has 0 aliphatic carbocycles. The van der Waals surface area contributed by atoms with Gasteiger partial charge in [-0.15, -0.1) is 0 Å². The summed E-state index contributed by atoms with van der Waals surface area (Å²) in [6.07, 6.45) is 2.22. The van der Waals surface area contributed by atoms with Gasteiger partial charge in [0.15, 0.2) is 5.96 Å². The molecule has 0 aromatic carbocycles. The highest BCUT2D eigenvalue weighted by atomic mass is 16.5. The Kier molecular flexibility index (Phi) is 14.5. The first-order valence-corrected chi connectivity index (χ1v) is 8.96.